The number of nitrogens with two attached hydrogens (primary N) is 1. The second-order valence-electron chi connectivity index (χ2n) is 5.18. The van der Waals surface area contributed by atoms with Gasteiger partial charge in [-0.1, -0.05) is 0 Å². The van der Waals surface area contributed by atoms with Crippen LogP contribution in [0, 0.1) is 13.8 Å². The zero-order valence-corrected chi connectivity index (χ0v) is 12.5. The number of benzene rings is 1. The van der Waals surface area contributed by atoms with Crippen LogP contribution >= 0.6 is 0 Å². The number of rotatable bonds is 3. The molecular formula is C15H23N3O2. The van der Waals surface area contributed by atoms with Crippen molar-refractivity contribution >= 4 is 11.6 Å². The molecule has 0 bridgehead atoms. The van der Waals surface area contributed by atoms with Crippen molar-refractivity contribution in [3.8, 4) is 5.75 Å². The molecule has 0 spiro atoms. The molecule has 1 aliphatic heterocycles. The summed E-state index contributed by atoms with van der Waals surface area (Å²) in [5, 5.41) is 0. The van der Waals surface area contributed by atoms with Gasteiger partial charge in [-0.05, 0) is 37.1 Å². The van der Waals surface area contributed by atoms with Gasteiger partial charge in [-0.2, -0.15) is 0 Å². The van der Waals surface area contributed by atoms with Gasteiger partial charge in [0.1, 0.15) is 5.75 Å². The number of anilines is 1. The van der Waals surface area contributed by atoms with Crippen LogP contribution < -0.4 is 15.4 Å². The predicted molar refractivity (Wildman–Crippen MR) is 80.3 cm³/mol. The van der Waals surface area contributed by atoms with Crippen molar-refractivity contribution < 1.29 is 9.53 Å². The molecule has 1 aromatic carbocycles. The van der Waals surface area contributed by atoms with E-state index in [9.17, 15) is 4.79 Å². The Bertz CT molecular complexity index is 494. The summed E-state index contributed by atoms with van der Waals surface area (Å²) in [5.74, 6) is 0.920. The van der Waals surface area contributed by atoms with Gasteiger partial charge in [0.2, 0.25) is 5.91 Å². The minimum Gasteiger partial charge on any atom is -0.495 e. The molecule has 1 aliphatic rings. The summed E-state index contributed by atoms with van der Waals surface area (Å²) in [4.78, 5) is 15.7. The first-order valence-electron chi connectivity index (χ1n) is 6.95. The van der Waals surface area contributed by atoms with Crippen LogP contribution in [0.2, 0.25) is 0 Å². The van der Waals surface area contributed by atoms with E-state index in [4.69, 9.17) is 10.5 Å². The monoisotopic (exact) mass is 277 g/mol. The Balaban J connectivity index is 2.14. The first kappa shape index (κ1) is 14.7. The van der Waals surface area contributed by atoms with Crippen molar-refractivity contribution in [1.29, 1.82) is 0 Å². The van der Waals surface area contributed by atoms with Crippen LogP contribution in [-0.2, 0) is 4.79 Å². The van der Waals surface area contributed by atoms with E-state index in [1.807, 2.05) is 4.90 Å². The molecule has 110 valence electrons. The Kier molecular flexibility index (Phi) is 4.49. The lowest BCUT2D eigenvalue weighted by atomic mass is 10.1. The van der Waals surface area contributed by atoms with Gasteiger partial charge in [0.25, 0.3) is 0 Å². The molecule has 0 aromatic heterocycles. The van der Waals surface area contributed by atoms with Gasteiger partial charge in [0, 0.05) is 26.2 Å². The third kappa shape index (κ3) is 2.88. The molecule has 5 nitrogen and oxygen atoms in total. The molecule has 20 heavy (non-hydrogen) atoms. The van der Waals surface area contributed by atoms with Gasteiger partial charge in [0.15, 0.2) is 0 Å². The van der Waals surface area contributed by atoms with Crippen LogP contribution in [0.25, 0.3) is 0 Å². The lowest BCUT2D eigenvalue weighted by Crippen LogP contribution is -2.50. The standard InChI is InChI=1S/C15H23N3O2/c1-11-8-13(14(20-3)9-12(11)2)17-4-6-18(7-5-17)15(19)10-16/h8-9H,4-7,10,16H2,1-3H3. The molecule has 0 saturated carbocycles. The molecule has 2 rings (SSSR count). The van der Waals surface area contributed by atoms with Crippen molar-refractivity contribution in [2.75, 3.05) is 44.7 Å². The number of hydrogen-bond donors (Lipinski definition) is 1. The van der Waals surface area contributed by atoms with Crippen molar-refractivity contribution in [3.63, 3.8) is 0 Å². The summed E-state index contributed by atoms with van der Waals surface area (Å²) in [7, 11) is 1.70. The van der Waals surface area contributed by atoms with E-state index in [2.05, 4.69) is 30.9 Å². The molecule has 0 radical (unpaired) electrons. The van der Waals surface area contributed by atoms with E-state index in [1.54, 1.807) is 7.11 Å². The van der Waals surface area contributed by atoms with Crippen molar-refractivity contribution in [1.82, 2.24) is 4.90 Å². The summed E-state index contributed by atoms with van der Waals surface area (Å²) in [5.41, 5.74) is 8.99. The SMILES string of the molecule is COc1cc(C)c(C)cc1N1CCN(C(=O)CN)CC1. The Hall–Kier alpha value is -1.75. The van der Waals surface area contributed by atoms with Crippen LogP contribution in [0.4, 0.5) is 5.69 Å². The second kappa shape index (κ2) is 6.13. The fourth-order valence-electron chi connectivity index (χ4n) is 2.51. The molecule has 1 aromatic rings. The predicted octanol–water partition coefficient (Wildman–Crippen LogP) is 0.919. The number of ether oxygens (including phenoxy) is 1. The van der Waals surface area contributed by atoms with E-state index < -0.39 is 0 Å². The summed E-state index contributed by atoms with van der Waals surface area (Å²) < 4.78 is 5.49. The third-order valence-electron chi connectivity index (χ3n) is 3.94. The molecule has 0 atom stereocenters. The second-order valence-corrected chi connectivity index (χ2v) is 5.18. The van der Waals surface area contributed by atoms with Gasteiger partial charge < -0.3 is 20.3 Å². The Morgan fingerprint density at radius 3 is 2.35 bits per heavy atom. The summed E-state index contributed by atoms with van der Waals surface area (Å²) in [6.07, 6.45) is 0. The Morgan fingerprint density at radius 2 is 1.80 bits per heavy atom. The number of hydrogen-bond acceptors (Lipinski definition) is 4. The highest BCUT2D eigenvalue weighted by molar-refractivity contribution is 5.78. The maximum atomic E-state index is 11.6. The molecule has 0 unspecified atom stereocenters. The molecule has 1 fully saturated rings. The largest absolute Gasteiger partial charge is 0.495 e. The molecule has 0 aliphatic carbocycles. The lowest BCUT2D eigenvalue weighted by molar-refractivity contribution is -0.129. The molecular weight excluding hydrogens is 254 g/mol. The van der Waals surface area contributed by atoms with Crippen LogP contribution in [0.15, 0.2) is 12.1 Å². The number of carbonyl (C=O) groups excluding carboxylic acids is 1. The van der Waals surface area contributed by atoms with Crippen molar-refractivity contribution in [3.05, 3.63) is 23.3 Å². The van der Waals surface area contributed by atoms with E-state index in [0.717, 1.165) is 24.5 Å². The van der Waals surface area contributed by atoms with Gasteiger partial charge in [-0.3, -0.25) is 4.79 Å². The molecule has 5 heteroatoms. The van der Waals surface area contributed by atoms with Gasteiger partial charge >= 0.3 is 0 Å². The van der Waals surface area contributed by atoms with Gasteiger partial charge in [-0.25, -0.2) is 0 Å². The highest BCUT2D eigenvalue weighted by Gasteiger charge is 2.22. The lowest BCUT2D eigenvalue weighted by Gasteiger charge is -2.36. The Labute approximate surface area is 120 Å². The number of methoxy groups -OCH3 is 1. The molecule has 1 saturated heterocycles. The number of nitrogens with zero attached hydrogens (tertiary/aromatic N) is 2. The summed E-state index contributed by atoms with van der Waals surface area (Å²) in [6, 6.07) is 4.23. The van der Waals surface area contributed by atoms with Crippen LogP contribution in [0.3, 0.4) is 0 Å². The van der Waals surface area contributed by atoms with Crippen LogP contribution in [0.1, 0.15) is 11.1 Å². The van der Waals surface area contributed by atoms with Gasteiger partial charge in [-0.15, -0.1) is 0 Å². The smallest absolute Gasteiger partial charge is 0.236 e. The topological polar surface area (TPSA) is 58.8 Å². The fourth-order valence-corrected chi connectivity index (χ4v) is 2.51. The minimum absolute atomic E-state index is 0.0247. The zero-order chi connectivity index (χ0) is 14.7. The molecule has 2 N–H and O–H groups in total. The van der Waals surface area contributed by atoms with E-state index in [-0.39, 0.29) is 12.5 Å². The normalized spacial score (nSPS) is 15.4. The van der Waals surface area contributed by atoms with Gasteiger partial charge in [0.05, 0.1) is 19.3 Å². The number of aryl methyl sites for hydroxylation is 2. The quantitative estimate of drug-likeness (QED) is 0.892. The number of amides is 1. The first-order valence-corrected chi connectivity index (χ1v) is 6.95. The average molecular weight is 277 g/mol. The Morgan fingerprint density at radius 1 is 1.20 bits per heavy atom. The highest BCUT2D eigenvalue weighted by atomic mass is 16.5. The maximum absolute atomic E-state index is 11.6. The minimum atomic E-state index is 0.0247. The third-order valence-corrected chi connectivity index (χ3v) is 3.94. The first-order chi connectivity index (χ1) is 9.56. The maximum Gasteiger partial charge on any atom is 0.236 e. The zero-order valence-electron chi connectivity index (χ0n) is 12.5. The summed E-state index contributed by atoms with van der Waals surface area (Å²) >= 11 is 0. The number of piperazine rings is 1. The van der Waals surface area contributed by atoms with Crippen LogP contribution in [-0.4, -0.2) is 50.6 Å². The average Bonchev–Trinajstić information content (AvgIpc) is 2.49. The molecule has 1 amide bonds. The van der Waals surface area contributed by atoms with E-state index in [1.165, 1.54) is 11.1 Å². The van der Waals surface area contributed by atoms with E-state index in [0.29, 0.717) is 13.1 Å². The fraction of sp³-hybridized carbons (Fsp3) is 0.533. The van der Waals surface area contributed by atoms with E-state index >= 15 is 0 Å². The van der Waals surface area contributed by atoms with Crippen molar-refractivity contribution in [2.45, 2.75) is 13.8 Å². The highest BCUT2D eigenvalue weighted by Crippen LogP contribution is 2.32. The van der Waals surface area contributed by atoms with Crippen molar-refractivity contribution in [2.24, 2.45) is 5.73 Å². The number of carbonyl (C=O) groups is 1. The van der Waals surface area contributed by atoms with Crippen LogP contribution in [0.5, 0.6) is 5.75 Å². The summed E-state index contributed by atoms with van der Waals surface area (Å²) in [6.45, 7) is 7.33. The molecule has 1 heterocycles.